The van der Waals surface area contributed by atoms with Crippen molar-refractivity contribution in [2.24, 2.45) is 16.7 Å². The Morgan fingerprint density at radius 2 is 2.27 bits per heavy atom. The summed E-state index contributed by atoms with van der Waals surface area (Å²) in [6, 6.07) is 0. The first-order valence-electron chi connectivity index (χ1n) is 3.08. The van der Waals surface area contributed by atoms with Crippen molar-refractivity contribution in [2.75, 3.05) is 12.4 Å². The van der Waals surface area contributed by atoms with Gasteiger partial charge in [-0.3, -0.25) is 5.41 Å². The van der Waals surface area contributed by atoms with E-state index in [4.69, 9.17) is 22.1 Å². The maximum Gasteiger partial charge on any atom is 0.174 e. The van der Waals surface area contributed by atoms with Crippen LogP contribution in [0.2, 0.25) is 0 Å². The Morgan fingerprint density at radius 1 is 1.64 bits per heavy atom. The first-order chi connectivity index (χ1) is 5.22. The Labute approximate surface area is 69.3 Å². The third-order valence-corrected chi connectivity index (χ3v) is 1.91. The van der Waals surface area contributed by atoms with Crippen molar-refractivity contribution in [1.82, 2.24) is 0 Å². The molecule has 0 aliphatic rings. The fraction of sp³-hybridized carbons (Fsp3) is 0.600. The van der Waals surface area contributed by atoms with Gasteiger partial charge in [-0.2, -0.15) is 5.10 Å². The standard InChI is InChI=1S/C5H12N4OS/c6-4(9-8)5(7)11-3-1-2-10/h7,10H,1-3,8H2,(H2,6,9). The molecule has 0 heterocycles. The van der Waals surface area contributed by atoms with E-state index in [1.807, 2.05) is 0 Å². The van der Waals surface area contributed by atoms with Crippen molar-refractivity contribution in [3.63, 3.8) is 0 Å². The molecular formula is C5H12N4OS. The monoisotopic (exact) mass is 176 g/mol. The largest absolute Gasteiger partial charge is 0.396 e. The van der Waals surface area contributed by atoms with Crippen LogP contribution in [0.4, 0.5) is 0 Å². The Bertz CT molecular complexity index is 159. The van der Waals surface area contributed by atoms with Crippen molar-refractivity contribution in [3.8, 4) is 0 Å². The van der Waals surface area contributed by atoms with E-state index in [1.54, 1.807) is 0 Å². The van der Waals surface area contributed by atoms with Gasteiger partial charge in [0.15, 0.2) is 5.84 Å². The number of nitrogens with one attached hydrogen (secondary N) is 1. The predicted octanol–water partition coefficient (Wildman–Crippen LogP) is -0.690. The first kappa shape index (κ1) is 10.2. The highest BCUT2D eigenvalue weighted by Gasteiger charge is 2.01. The van der Waals surface area contributed by atoms with Gasteiger partial charge in [0.05, 0.1) is 0 Å². The van der Waals surface area contributed by atoms with Crippen molar-refractivity contribution < 1.29 is 5.11 Å². The normalized spacial score (nSPS) is 11.5. The van der Waals surface area contributed by atoms with Gasteiger partial charge in [-0.25, -0.2) is 0 Å². The number of hydrazone groups is 1. The number of hydrogen-bond acceptors (Lipinski definition) is 5. The molecule has 0 amide bonds. The molecule has 0 radical (unpaired) electrons. The molecule has 0 atom stereocenters. The van der Waals surface area contributed by atoms with Crippen molar-refractivity contribution in [2.45, 2.75) is 6.42 Å². The minimum absolute atomic E-state index is 0.0351. The molecule has 0 aliphatic carbocycles. The van der Waals surface area contributed by atoms with Crippen LogP contribution in [0.25, 0.3) is 0 Å². The molecular weight excluding hydrogens is 164 g/mol. The summed E-state index contributed by atoms with van der Waals surface area (Å²) in [6.45, 7) is 0.125. The topological polar surface area (TPSA) is 108 Å². The van der Waals surface area contributed by atoms with Gasteiger partial charge >= 0.3 is 0 Å². The molecule has 0 aliphatic heterocycles. The molecule has 0 bridgehead atoms. The summed E-state index contributed by atoms with van der Waals surface area (Å²) in [5.74, 6) is 5.53. The van der Waals surface area contributed by atoms with E-state index >= 15 is 0 Å². The maximum absolute atomic E-state index is 8.40. The lowest BCUT2D eigenvalue weighted by molar-refractivity contribution is 0.296. The molecule has 0 aromatic rings. The number of amidine groups is 1. The zero-order valence-electron chi connectivity index (χ0n) is 6.08. The van der Waals surface area contributed by atoms with E-state index in [9.17, 15) is 0 Å². The number of aliphatic hydroxyl groups excluding tert-OH is 1. The number of aliphatic hydroxyl groups is 1. The van der Waals surface area contributed by atoms with Crippen LogP contribution in [0, 0.1) is 5.41 Å². The minimum atomic E-state index is 0.0351. The van der Waals surface area contributed by atoms with Gasteiger partial charge in [-0.1, -0.05) is 0 Å². The van der Waals surface area contributed by atoms with Crippen LogP contribution in [0.5, 0.6) is 0 Å². The molecule has 0 saturated carbocycles. The quantitative estimate of drug-likeness (QED) is 0.150. The number of thioether (sulfide) groups is 1. The Balaban J connectivity index is 3.53. The van der Waals surface area contributed by atoms with Crippen molar-refractivity contribution in [1.29, 1.82) is 5.41 Å². The molecule has 0 fully saturated rings. The van der Waals surface area contributed by atoms with Crippen LogP contribution in [-0.4, -0.2) is 28.3 Å². The molecule has 6 N–H and O–H groups in total. The van der Waals surface area contributed by atoms with Crippen molar-refractivity contribution in [3.05, 3.63) is 0 Å². The van der Waals surface area contributed by atoms with Crippen LogP contribution in [-0.2, 0) is 0 Å². The minimum Gasteiger partial charge on any atom is -0.396 e. The molecule has 6 heteroatoms. The van der Waals surface area contributed by atoms with Crippen LogP contribution in [0.1, 0.15) is 6.42 Å². The van der Waals surface area contributed by atoms with Crippen LogP contribution >= 0.6 is 11.8 Å². The van der Waals surface area contributed by atoms with Crippen LogP contribution in [0.15, 0.2) is 5.10 Å². The summed E-state index contributed by atoms with van der Waals surface area (Å²) in [5.41, 5.74) is 5.22. The van der Waals surface area contributed by atoms with Crippen LogP contribution < -0.4 is 11.6 Å². The summed E-state index contributed by atoms with van der Waals surface area (Å²) in [4.78, 5) is 0. The molecule has 5 nitrogen and oxygen atoms in total. The second-order valence-electron chi connectivity index (χ2n) is 1.77. The molecule has 0 spiro atoms. The SMILES string of the molecule is N=C(SCCCO)C(N)=NN. The molecule has 0 rings (SSSR count). The van der Waals surface area contributed by atoms with Gasteiger partial charge < -0.3 is 16.7 Å². The van der Waals surface area contributed by atoms with Crippen LogP contribution in [0.3, 0.4) is 0 Å². The van der Waals surface area contributed by atoms with Crippen molar-refractivity contribution >= 4 is 22.6 Å². The van der Waals surface area contributed by atoms with E-state index in [-0.39, 0.29) is 17.5 Å². The van der Waals surface area contributed by atoms with E-state index in [0.29, 0.717) is 12.2 Å². The van der Waals surface area contributed by atoms with E-state index in [0.717, 1.165) is 0 Å². The molecule has 0 aromatic heterocycles. The Morgan fingerprint density at radius 3 is 2.73 bits per heavy atom. The van der Waals surface area contributed by atoms with Gasteiger partial charge in [0.1, 0.15) is 5.04 Å². The Hall–Kier alpha value is -0.750. The van der Waals surface area contributed by atoms with Gasteiger partial charge in [0.25, 0.3) is 0 Å². The van der Waals surface area contributed by atoms with Gasteiger partial charge in [0, 0.05) is 12.4 Å². The average Bonchev–Trinajstić information content (AvgIpc) is 2.03. The summed E-state index contributed by atoms with van der Waals surface area (Å²) in [7, 11) is 0. The zero-order chi connectivity index (χ0) is 8.69. The number of rotatable bonds is 3. The Kier molecular flexibility index (Phi) is 5.58. The lowest BCUT2D eigenvalue weighted by Crippen LogP contribution is -2.22. The first-order valence-corrected chi connectivity index (χ1v) is 4.07. The number of nitrogens with two attached hydrogens (primary N) is 2. The molecule has 0 saturated heterocycles. The molecule has 0 aromatic carbocycles. The molecule has 11 heavy (non-hydrogen) atoms. The second kappa shape index (κ2) is 5.99. The fourth-order valence-corrected chi connectivity index (χ4v) is 1.05. The summed E-state index contributed by atoms with van der Waals surface area (Å²) in [6.07, 6.45) is 0.644. The summed E-state index contributed by atoms with van der Waals surface area (Å²) >= 11 is 1.22. The van der Waals surface area contributed by atoms with E-state index in [2.05, 4.69) is 5.10 Å². The fourth-order valence-electron chi connectivity index (χ4n) is 0.371. The zero-order valence-corrected chi connectivity index (χ0v) is 6.90. The average molecular weight is 176 g/mol. The molecule has 0 unspecified atom stereocenters. The highest BCUT2D eigenvalue weighted by molar-refractivity contribution is 8.15. The van der Waals surface area contributed by atoms with Gasteiger partial charge in [-0.05, 0) is 6.42 Å². The highest BCUT2D eigenvalue weighted by Crippen LogP contribution is 2.03. The predicted molar refractivity (Wildman–Crippen MR) is 47.7 cm³/mol. The lowest BCUT2D eigenvalue weighted by atomic mass is 10.5. The highest BCUT2D eigenvalue weighted by atomic mass is 32.2. The summed E-state index contributed by atoms with van der Waals surface area (Å²) in [5, 5.41) is 18.9. The number of nitrogens with zero attached hydrogens (tertiary/aromatic N) is 1. The second-order valence-corrected chi connectivity index (χ2v) is 2.87. The molecule has 64 valence electrons. The maximum atomic E-state index is 8.40. The third-order valence-electron chi connectivity index (χ3n) is 0.921. The lowest BCUT2D eigenvalue weighted by Gasteiger charge is -1.99. The van der Waals surface area contributed by atoms with E-state index < -0.39 is 0 Å². The van der Waals surface area contributed by atoms with Gasteiger partial charge in [-0.15, -0.1) is 11.8 Å². The third kappa shape index (κ3) is 4.63. The van der Waals surface area contributed by atoms with E-state index in [1.165, 1.54) is 11.8 Å². The smallest absolute Gasteiger partial charge is 0.174 e. The van der Waals surface area contributed by atoms with Gasteiger partial charge in [0.2, 0.25) is 0 Å². The summed E-state index contributed by atoms with van der Waals surface area (Å²) < 4.78 is 0. The number of hydrogen-bond donors (Lipinski definition) is 4.